The fourth-order valence-electron chi connectivity index (χ4n) is 14.7. The van der Waals surface area contributed by atoms with Gasteiger partial charge in [-0.3, -0.25) is 0 Å². The first-order valence-corrected chi connectivity index (χ1v) is 34.9. The lowest BCUT2D eigenvalue weighted by Crippen LogP contribution is -1.88. The molecular weight excluding hydrogens is 1170 g/mol. The van der Waals surface area contributed by atoms with Crippen LogP contribution in [-0.4, -0.2) is 0 Å². The van der Waals surface area contributed by atoms with E-state index in [1.807, 2.05) is 90.7 Å². The average molecular weight is 1200 g/mol. The molecule has 22 aromatic rings. The molecule has 0 saturated carbocycles. The molecule has 22 rings (SSSR count). The van der Waals surface area contributed by atoms with Crippen molar-refractivity contribution >= 4 is 298 Å². The molecule has 386 valence electrons. The normalized spacial score (nSPS) is 13.0. The number of fused-ring (bicyclic) bond motifs is 24. The minimum absolute atomic E-state index is 1.29. The summed E-state index contributed by atoms with van der Waals surface area (Å²) < 4.78 is 16.2. The molecule has 0 unspecified atom stereocenters. The summed E-state index contributed by atoms with van der Waals surface area (Å²) in [7, 11) is 0. The first-order valence-electron chi connectivity index (χ1n) is 28.1. The van der Waals surface area contributed by atoms with E-state index >= 15 is 0 Å². The molecule has 84 heavy (non-hydrogen) atoms. The van der Waals surface area contributed by atoms with Gasteiger partial charge in [0.2, 0.25) is 0 Å². The molecule has 0 bridgehead atoms. The zero-order chi connectivity index (χ0) is 53.9. The first-order chi connectivity index (χ1) is 41.4. The largest absolute Gasteiger partial charge is 0.144 e. The van der Waals surface area contributed by atoms with Crippen molar-refractivity contribution < 1.29 is 0 Å². The van der Waals surface area contributed by atoms with Gasteiger partial charge in [0.25, 0.3) is 0 Å². The molecule has 0 amide bonds. The molecule has 0 atom stereocenters. The highest BCUT2D eigenvalue weighted by atomic mass is 32.1. The fraction of sp³-hybridized carbons (Fsp3) is 0. The van der Waals surface area contributed by atoms with Crippen molar-refractivity contribution in [2.24, 2.45) is 0 Å². The van der Waals surface area contributed by atoms with E-state index in [4.69, 9.17) is 0 Å². The Labute approximate surface area is 507 Å². The second-order valence-corrected chi connectivity index (χ2v) is 31.3. The van der Waals surface area contributed by atoms with Crippen molar-refractivity contribution in [3.05, 3.63) is 204 Å². The van der Waals surface area contributed by atoms with Gasteiger partial charge in [0.15, 0.2) is 0 Å². The Morgan fingerprint density at radius 1 is 0.155 bits per heavy atom. The lowest BCUT2D eigenvalue weighted by atomic mass is 9.88. The molecule has 0 N–H and O–H groups in total. The first kappa shape index (κ1) is 45.3. The van der Waals surface area contributed by atoms with Crippen LogP contribution < -0.4 is 0 Å². The van der Waals surface area contributed by atoms with E-state index in [0.29, 0.717) is 0 Å². The summed E-state index contributed by atoms with van der Waals surface area (Å²) in [5.74, 6) is 0. The van der Waals surface area contributed by atoms with Crippen LogP contribution in [0.15, 0.2) is 204 Å². The quantitative estimate of drug-likeness (QED) is 0.144. The summed E-state index contributed by atoms with van der Waals surface area (Å²) in [4.78, 5) is 0. The van der Waals surface area contributed by atoms with Gasteiger partial charge in [0, 0.05) is 116 Å². The highest BCUT2D eigenvalue weighted by molar-refractivity contribution is 7.28. The van der Waals surface area contributed by atoms with Gasteiger partial charge in [0.1, 0.15) is 0 Å². The van der Waals surface area contributed by atoms with Crippen LogP contribution in [0.3, 0.4) is 0 Å². The second kappa shape index (κ2) is 16.0. The van der Waals surface area contributed by atoms with E-state index in [1.165, 1.54) is 218 Å². The maximum atomic E-state index is 2.53. The van der Waals surface area contributed by atoms with Gasteiger partial charge in [-0.1, -0.05) is 0 Å². The van der Waals surface area contributed by atoms with E-state index in [0.717, 1.165) is 0 Å². The Morgan fingerprint density at radius 2 is 0.429 bits per heavy atom. The summed E-state index contributed by atoms with van der Waals surface area (Å²) >= 11 is 15.1. The van der Waals surface area contributed by atoms with Gasteiger partial charge in [-0.05, 0) is 306 Å². The second-order valence-electron chi connectivity index (χ2n) is 23.2. The molecule has 8 heteroatoms. The lowest BCUT2D eigenvalue weighted by Gasteiger charge is -2.16. The standard InChI is InChI=1S/C76H34S8/c1-5-78-64-25-43-15-45-27-67-55(20-40(45)12-38(43)9-35(1)64)59-31-72-61(33-70(59)82-67)57-22-48-18-53-51(17-47(48)29-69(57)84-72)30-65-52(4-8-79-65)74(53)75-54-19-49-23-58-62-34-71-60(32-73(62)83-68(58)28-46(49)16-50(54)11-37-3-7-80-76(37)75)56-21-41-14-42-24-63-36(2-6-77-63)10-39(42)13-44(41)26-66(56)81-71/h1-34H. The van der Waals surface area contributed by atoms with Gasteiger partial charge in [0.05, 0.1) is 0 Å². The van der Waals surface area contributed by atoms with Crippen LogP contribution in [0, 0.1) is 0 Å². The molecule has 0 radical (unpaired) electrons. The zero-order valence-electron chi connectivity index (χ0n) is 43.9. The molecule has 0 fully saturated rings. The lowest BCUT2D eigenvalue weighted by molar-refractivity contribution is 1.84. The van der Waals surface area contributed by atoms with E-state index in [1.54, 1.807) is 0 Å². The summed E-state index contributed by atoms with van der Waals surface area (Å²) in [6.45, 7) is 0. The third-order valence-electron chi connectivity index (χ3n) is 18.6. The Bertz CT molecular complexity index is 6440. The van der Waals surface area contributed by atoms with Crippen LogP contribution in [0.1, 0.15) is 0 Å². The van der Waals surface area contributed by atoms with Gasteiger partial charge in [-0.2, -0.15) is 0 Å². The van der Waals surface area contributed by atoms with Crippen molar-refractivity contribution in [3.63, 3.8) is 0 Å². The zero-order valence-corrected chi connectivity index (χ0v) is 50.4. The smallest absolute Gasteiger partial charge is 0.0428 e. The van der Waals surface area contributed by atoms with Gasteiger partial charge in [-0.15, -0.1) is 90.7 Å². The maximum Gasteiger partial charge on any atom is 0.0428 e. The van der Waals surface area contributed by atoms with Crippen molar-refractivity contribution in [1.82, 2.24) is 0 Å². The van der Waals surface area contributed by atoms with Gasteiger partial charge in [-0.25, -0.2) is 0 Å². The molecule has 8 heterocycles. The van der Waals surface area contributed by atoms with Crippen molar-refractivity contribution in [2.75, 3.05) is 0 Å². The molecule has 0 aliphatic carbocycles. The summed E-state index contributed by atoms with van der Waals surface area (Å²) in [6.07, 6.45) is 0. The number of rotatable bonds is 1. The maximum absolute atomic E-state index is 2.53. The number of hydrogen-bond acceptors (Lipinski definition) is 8. The van der Waals surface area contributed by atoms with E-state index < -0.39 is 0 Å². The molecular formula is C76H34S8. The molecule has 0 nitrogen and oxygen atoms in total. The van der Waals surface area contributed by atoms with Crippen LogP contribution in [0.4, 0.5) is 0 Å². The highest BCUT2D eigenvalue weighted by Crippen LogP contribution is 2.51. The monoisotopic (exact) mass is 1200 g/mol. The average Bonchev–Trinajstić information content (AvgIpc) is 2.11. The van der Waals surface area contributed by atoms with Crippen LogP contribution in [0.2, 0.25) is 0 Å². The predicted molar refractivity (Wildman–Crippen MR) is 385 cm³/mol. The van der Waals surface area contributed by atoms with Crippen molar-refractivity contribution in [3.8, 4) is 11.1 Å². The molecule has 0 saturated heterocycles. The SMILES string of the molecule is c1cc2cc3cc4cc5c(cc4cc3cc2s1)sc1cc2c(cc15)sc1cc3cc4cc5sccc5c(-c5c6cc7cc8c(cc7cc6cc6ccsc56)sc5cc6c(cc58)sc5cc7cc8cc9ccsc9cc8cc7cc56)c4cc3cc12. The van der Waals surface area contributed by atoms with E-state index in [9.17, 15) is 0 Å². The van der Waals surface area contributed by atoms with Crippen LogP contribution in [-0.2, 0) is 0 Å². The minimum Gasteiger partial charge on any atom is -0.144 e. The number of hydrogen-bond donors (Lipinski definition) is 0. The molecule has 0 spiro atoms. The van der Waals surface area contributed by atoms with Crippen molar-refractivity contribution in [2.45, 2.75) is 0 Å². The van der Waals surface area contributed by atoms with Crippen molar-refractivity contribution in [1.29, 1.82) is 0 Å². The summed E-state index contributed by atoms with van der Waals surface area (Å²) in [5, 5.41) is 45.9. The Hall–Kier alpha value is -8.12. The molecule has 0 aliphatic rings. The Kier molecular flexibility index (Phi) is 8.63. The summed E-state index contributed by atoms with van der Waals surface area (Å²) in [5.41, 5.74) is 2.70. The van der Waals surface area contributed by atoms with E-state index in [2.05, 4.69) is 204 Å². The van der Waals surface area contributed by atoms with Crippen LogP contribution >= 0.6 is 90.7 Å². The van der Waals surface area contributed by atoms with Crippen LogP contribution in [0.25, 0.3) is 218 Å². The fourth-order valence-corrected chi connectivity index (χ4v) is 22.7. The molecule has 8 aromatic heterocycles. The predicted octanol–water partition coefficient (Wildman–Crippen LogP) is 26.9. The van der Waals surface area contributed by atoms with Gasteiger partial charge >= 0.3 is 0 Å². The van der Waals surface area contributed by atoms with Gasteiger partial charge < -0.3 is 0 Å². The molecule has 0 aliphatic heterocycles. The third kappa shape index (κ3) is 6.19. The van der Waals surface area contributed by atoms with Crippen LogP contribution in [0.5, 0.6) is 0 Å². The Balaban J connectivity index is 0.715. The minimum atomic E-state index is 1.29. The summed E-state index contributed by atoms with van der Waals surface area (Å²) in [6, 6.07) is 72.7. The molecule has 14 aromatic carbocycles. The third-order valence-corrected chi connectivity index (χ3v) is 26.7. The topological polar surface area (TPSA) is 0 Å². The Morgan fingerprint density at radius 3 is 0.905 bits per heavy atom. The number of benzene rings is 14. The number of thiophene rings is 8. The van der Waals surface area contributed by atoms with E-state index in [-0.39, 0.29) is 0 Å². The highest BCUT2D eigenvalue weighted by Gasteiger charge is 2.22.